The number of nitrogens with zero attached hydrogens (tertiary/aromatic N) is 1. The van der Waals surface area contributed by atoms with Gasteiger partial charge in [0.2, 0.25) is 0 Å². The maximum atomic E-state index is 12.1. The van der Waals surface area contributed by atoms with E-state index in [2.05, 4.69) is 5.32 Å². The van der Waals surface area contributed by atoms with E-state index in [1.807, 2.05) is 43.1 Å². The maximum Gasteiger partial charge on any atom is 0.253 e. The van der Waals surface area contributed by atoms with Crippen LogP contribution in [-0.4, -0.2) is 37.5 Å². The summed E-state index contributed by atoms with van der Waals surface area (Å²) in [5.41, 5.74) is 1.92. The molecule has 0 aliphatic carbocycles. The van der Waals surface area contributed by atoms with E-state index in [1.165, 1.54) is 0 Å². The average molecular weight is 218 g/mol. The molecule has 1 aliphatic rings. The predicted molar refractivity (Wildman–Crippen MR) is 64.5 cm³/mol. The Balaban J connectivity index is 2.00. The Labute approximate surface area is 96.5 Å². The lowest BCUT2D eigenvalue weighted by atomic mass is 10.0. The molecule has 16 heavy (non-hydrogen) atoms. The van der Waals surface area contributed by atoms with Crippen LogP contribution >= 0.6 is 0 Å². The van der Waals surface area contributed by atoms with Gasteiger partial charge in [0.25, 0.3) is 5.91 Å². The van der Waals surface area contributed by atoms with Crippen molar-refractivity contribution in [2.75, 3.05) is 26.7 Å². The Morgan fingerprint density at radius 2 is 2.25 bits per heavy atom. The first-order valence-electron chi connectivity index (χ1n) is 5.69. The molecule has 0 aromatic heterocycles. The fourth-order valence-electron chi connectivity index (χ4n) is 1.95. The highest BCUT2D eigenvalue weighted by Gasteiger charge is 2.21. The monoisotopic (exact) mass is 218 g/mol. The molecule has 0 atom stereocenters. The van der Waals surface area contributed by atoms with Gasteiger partial charge in [-0.25, -0.2) is 0 Å². The fraction of sp³-hybridized carbons (Fsp3) is 0.462. The molecule has 1 saturated heterocycles. The van der Waals surface area contributed by atoms with Crippen molar-refractivity contribution in [1.29, 1.82) is 0 Å². The second-order valence-corrected chi connectivity index (χ2v) is 4.58. The van der Waals surface area contributed by atoms with E-state index in [-0.39, 0.29) is 5.91 Å². The van der Waals surface area contributed by atoms with Crippen LogP contribution in [0.4, 0.5) is 0 Å². The zero-order valence-electron chi connectivity index (χ0n) is 9.86. The number of rotatable bonds is 3. The Kier molecular flexibility index (Phi) is 3.25. The van der Waals surface area contributed by atoms with Crippen molar-refractivity contribution in [3.63, 3.8) is 0 Å². The third-order valence-corrected chi connectivity index (χ3v) is 3.01. The van der Waals surface area contributed by atoms with Crippen LogP contribution in [0.3, 0.4) is 0 Å². The zero-order valence-corrected chi connectivity index (χ0v) is 9.86. The number of carbonyl (C=O) groups excluding carboxylic acids is 1. The van der Waals surface area contributed by atoms with E-state index in [9.17, 15) is 4.79 Å². The molecule has 1 aromatic carbocycles. The Hall–Kier alpha value is -1.35. The Bertz CT molecular complexity index is 385. The van der Waals surface area contributed by atoms with E-state index in [0.29, 0.717) is 5.92 Å². The SMILES string of the molecule is Cc1cccc(C(=O)N(C)CC2CNC2)c1. The number of carbonyl (C=O) groups is 1. The van der Waals surface area contributed by atoms with Crippen LogP contribution in [0.5, 0.6) is 0 Å². The minimum absolute atomic E-state index is 0.121. The number of benzene rings is 1. The molecule has 0 bridgehead atoms. The first-order chi connectivity index (χ1) is 7.66. The smallest absolute Gasteiger partial charge is 0.253 e. The topological polar surface area (TPSA) is 32.3 Å². The second-order valence-electron chi connectivity index (χ2n) is 4.58. The molecule has 86 valence electrons. The van der Waals surface area contributed by atoms with Gasteiger partial charge in [-0.3, -0.25) is 4.79 Å². The maximum absolute atomic E-state index is 12.1. The van der Waals surface area contributed by atoms with Crippen molar-refractivity contribution < 1.29 is 4.79 Å². The summed E-state index contributed by atoms with van der Waals surface area (Å²) in [4.78, 5) is 13.9. The van der Waals surface area contributed by atoms with Gasteiger partial charge < -0.3 is 10.2 Å². The third-order valence-electron chi connectivity index (χ3n) is 3.01. The molecule has 1 amide bonds. The summed E-state index contributed by atoms with van der Waals surface area (Å²) in [5.74, 6) is 0.745. The molecule has 0 spiro atoms. The molecule has 1 aromatic rings. The van der Waals surface area contributed by atoms with Crippen LogP contribution in [0.2, 0.25) is 0 Å². The summed E-state index contributed by atoms with van der Waals surface area (Å²) in [6.07, 6.45) is 0. The molecule has 1 aliphatic heterocycles. The zero-order chi connectivity index (χ0) is 11.5. The van der Waals surface area contributed by atoms with Crippen LogP contribution < -0.4 is 5.32 Å². The number of hydrogen-bond acceptors (Lipinski definition) is 2. The first-order valence-corrected chi connectivity index (χ1v) is 5.69. The quantitative estimate of drug-likeness (QED) is 0.829. The molecule has 1 heterocycles. The highest BCUT2D eigenvalue weighted by molar-refractivity contribution is 5.94. The standard InChI is InChI=1S/C13H18N2O/c1-10-4-3-5-12(6-10)13(16)15(2)9-11-7-14-8-11/h3-6,11,14H,7-9H2,1-2H3. The molecular formula is C13H18N2O. The molecule has 1 fully saturated rings. The second kappa shape index (κ2) is 4.66. The summed E-state index contributed by atoms with van der Waals surface area (Å²) in [6, 6.07) is 7.76. The fourth-order valence-corrected chi connectivity index (χ4v) is 1.95. The van der Waals surface area contributed by atoms with E-state index >= 15 is 0 Å². The van der Waals surface area contributed by atoms with Gasteiger partial charge in [-0.2, -0.15) is 0 Å². The summed E-state index contributed by atoms with van der Waals surface area (Å²) in [5, 5.41) is 3.22. The summed E-state index contributed by atoms with van der Waals surface area (Å²) in [6.45, 7) is 4.92. The lowest BCUT2D eigenvalue weighted by Gasteiger charge is -2.31. The van der Waals surface area contributed by atoms with Crippen LogP contribution in [-0.2, 0) is 0 Å². The number of aryl methyl sites for hydroxylation is 1. The van der Waals surface area contributed by atoms with Crippen LogP contribution in [0.1, 0.15) is 15.9 Å². The molecule has 2 rings (SSSR count). The van der Waals surface area contributed by atoms with Crippen LogP contribution in [0.25, 0.3) is 0 Å². The minimum Gasteiger partial charge on any atom is -0.341 e. The van der Waals surface area contributed by atoms with Gasteiger partial charge in [-0.15, -0.1) is 0 Å². The number of hydrogen-bond donors (Lipinski definition) is 1. The third kappa shape index (κ3) is 2.42. The minimum atomic E-state index is 0.121. The van der Waals surface area contributed by atoms with E-state index in [4.69, 9.17) is 0 Å². The average Bonchev–Trinajstić information content (AvgIpc) is 2.22. The van der Waals surface area contributed by atoms with E-state index in [1.54, 1.807) is 0 Å². The van der Waals surface area contributed by atoms with Crippen LogP contribution in [0, 0.1) is 12.8 Å². The van der Waals surface area contributed by atoms with Gasteiger partial charge in [0, 0.05) is 38.2 Å². The van der Waals surface area contributed by atoms with E-state index in [0.717, 1.165) is 30.8 Å². The lowest BCUT2D eigenvalue weighted by Crippen LogP contribution is -2.48. The van der Waals surface area contributed by atoms with Gasteiger partial charge >= 0.3 is 0 Å². The molecule has 0 radical (unpaired) electrons. The normalized spacial score (nSPS) is 15.6. The first kappa shape index (κ1) is 11.1. The van der Waals surface area contributed by atoms with Crippen LogP contribution in [0.15, 0.2) is 24.3 Å². The predicted octanol–water partition coefficient (Wildman–Crippen LogP) is 1.29. The molecule has 3 heteroatoms. The van der Waals surface area contributed by atoms with Crippen molar-refractivity contribution in [3.05, 3.63) is 35.4 Å². The lowest BCUT2D eigenvalue weighted by molar-refractivity contribution is 0.0755. The number of nitrogens with one attached hydrogen (secondary N) is 1. The van der Waals surface area contributed by atoms with Gasteiger partial charge in [0.15, 0.2) is 0 Å². The van der Waals surface area contributed by atoms with Gasteiger partial charge in [0.05, 0.1) is 0 Å². The molecular weight excluding hydrogens is 200 g/mol. The largest absolute Gasteiger partial charge is 0.341 e. The molecule has 0 unspecified atom stereocenters. The van der Waals surface area contributed by atoms with Crippen molar-refractivity contribution in [3.8, 4) is 0 Å². The highest BCUT2D eigenvalue weighted by Crippen LogP contribution is 2.10. The van der Waals surface area contributed by atoms with Gasteiger partial charge in [0.1, 0.15) is 0 Å². The van der Waals surface area contributed by atoms with Gasteiger partial charge in [-0.05, 0) is 19.1 Å². The van der Waals surface area contributed by atoms with Crippen molar-refractivity contribution >= 4 is 5.91 Å². The Morgan fingerprint density at radius 1 is 1.50 bits per heavy atom. The summed E-state index contributed by atoms with van der Waals surface area (Å²) in [7, 11) is 1.88. The molecule has 0 saturated carbocycles. The summed E-state index contributed by atoms with van der Waals surface area (Å²) >= 11 is 0. The molecule has 3 nitrogen and oxygen atoms in total. The molecule has 1 N–H and O–H groups in total. The summed E-state index contributed by atoms with van der Waals surface area (Å²) < 4.78 is 0. The Morgan fingerprint density at radius 3 is 2.81 bits per heavy atom. The van der Waals surface area contributed by atoms with Crippen molar-refractivity contribution in [2.24, 2.45) is 5.92 Å². The highest BCUT2D eigenvalue weighted by atomic mass is 16.2. The number of amides is 1. The van der Waals surface area contributed by atoms with Crippen molar-refractivity contribution in [1.82, 2.24) is 10.2 Å². The van der Waals surface area contributed by atoms with E-state index < -0.39 is 0 Å². The van der Waals surface area contributed by atoms with Crippen molar-refractivity contribution in [2.45, 2.75) is 6.92 Å². The van der Waals surface area contributed by atoms with Gasteiger partial charge in [-0.1, -0.05) is 17.7 Å².